The van der Waals surface area contributed by atoms with Crippen molar-refractivity contribution in [3.63, 3.8) is 0 Å². The molecule has 0 aromatic carbocycles. The molecular formula is C10H15N3O. The van der Waals surface area contributed by atoms with Gasteiger partial charge in [-0.05, 0) is 31.0 Å². The molecule has 2 heterocycles. The number of nitrogens with one attached hydrogen (secondary N) is 1. The van der Waals surface area contributed by atoms with Crippen LogP contribution in [0.1, 0.15) is 11.4 Å². The van der Waals surface area contributed by atoms with Crippen molar-refractivity contribution < 1.29 is 4.74 Å². The van der Waals surface area contributed by atoms with Crippen LogP contribution in [0, 0.1) is 5.92 Å². The number of nitrogens with zero attached hydrogens (tertiary/aromatic N) is 2. The maximum atomic E-state index is 4.95. The number of ether oxygens (including phenoxy) is 1. The van der Waals surface area contributed by atoms with Gasteiger partial charge in [0.15, 0.2) is 5.82 Å². The van der Waals surface area contributed by atoms with Gasteiger partial charge in [-0.3, -0.25) is 0 Å². The summed E-state index contributed by atoms with van der Waals surface area (Å²) in [5.41, 5.74) is 1.22. The molecule has 4 nitrogen and oxygen atoms in total. The van der Waals surface area contributed by atoms with Crippen molar-refractivity contribution in [2.24, 2.45) is 5.92 Å². The number of hydrogen-bond donors (Lipinski definition) is 1. The van der Waals surface area contributed by atoms with Gasteiger partial charge in [0.2, 0.25) is 0 Å². The van der Waals surface area contributed by atoms with Crippen molar-refractivity contribution in [1.29, 1.82) is 0 Å². The van der Waals surface area contributed by atoms with Crippen LogP contribution in [-0.2, 0) is 17.8 Å². The zero-order chi connectivity index (χ0) is 9.80. The fourth-order valence-corrected chi connectivity index (χ4v) is 1.52. The zero-order valence-corrected chi connectivity index (χ0v) is 8.36. The van der Waals surface area contributed by atoms with Crippen LogP contribution >= 0.6 is 0 Å². The lowest BCUT2D eigenvalue weighted by atomic mass is 9.96. The Labute approximate surface area is 83.7 Å². The maximum absolute atomic E-state index is 4.95. The van der Waals surface area contributed by atoms with Gasteiger partial charge in [0, 0.05) is 19.5 Å². The topological polar surface area (TPSA) is 47.0 Å². The summed E-state index contributed by atoms with van der Waals surface area (Å²) in [7, 11) is 1.65. The molecule has 1 N–H and O–H groups in total. The van der Waals surface area contributed by atoms with E-state index >= 15 is 0 Å². The average molecular weight is 193 g/mol. The van der Waals surface area contributed by atoms with E-state index in [4.69, 9.17) is 4.74 Å². The molecule has 0 radical (unpaired) electrons. The second-order valence-electron chi connectivity index (χ2n) is 3.67. The normalized spacial score (nSPS) is 16.6. The second-order valence-corrected chi connectivity index (χ2v) is 3.67. The summed E-state index contributed by atoms with van der Waals surface area (Å²) in [4.78, 5) is 8.45. The van der Waals surface area contributed by atoms with Crippen LogP contribution in [0.15, 0.2) is 12.4 Å². The molecular weight excluding hydrogens is 178 g/mol. The van der Waals surface area contributed by atoms with Gasteiger partial charge < -0.3 is 10.1 Å². The molecule has 76 valence electrons. The van der Waals surface area contributed by atoms with Crippen LogP contribution in [0.2, 0.25) is 0 Å². The van der Waals surface area contributed by atoms with E-state index in [1.165, 1.54) is 5.56 Å². The molecule has 0 unspecified atom stereocenters. The van der Waals surface area contributed by atoms with Crippen molar-refractivity contribution >= 4 is 0 Å². The number of rotatable bonds is 4. The fourth-order valence-electron chi connectivity index (χ4n) is 1.52. The number of hydrogen-bond acceptors (Lipinski definition) is 4. The summed E-state index contributed by atoms with van der Waals surface area (Å²) in [6, 6.07) is 0. The summed E-state index contributed by atoms with van der Waals surface area (Å²) in [6.45, 7) is 2.74. The minimum atomic E-state index is 0.491. The average Bonchev–Trinajstić information content (AvgIpc) is 2.14. The highest BCUT2D eigenvalue weighted by atomic mass is 16.5. The van der Waals surface area contributed by atoms with Gasteiger partial charge in [-0.2, -0.15) is 0 Å². The van der Waals surface area contributed by atoms with Gasteiger partial charge in [-0.15, -0.1) is 0 Å². The predicted molar refractivity (Wildman–Crippen MR) is 52.8 cm³/mol. The van der Waals surface area contributed by atoms with Gasteiger partial charge >= 0.3 is 0 Å². The van der Waals surface area contributed by atoms with E-state index in [2.05, 4.69) is 15.3 Å². The van der Waals surface area contributed by atoms with Crippen LogP contribution in [0.5, 0.6) is 0 Å². The van der Waals surface area contributed by atoms with Crippen molar-refractivity contribution in [3.05, 3.63) is 23.8 Å². The molecule has 0 amide bonds. The SMILES string of the molecule is COCc1ncc(CC2CNC2)cn1. The first kappa shape index (κ1) is 9.55. The lowest BCUT2D eigenvalue weighted by molar-refractivity contribution is 0.177. The molecule has 2 rings (SSSR count). The van der Waals surface area contributed by atoms with Crippen molar-refractivity contribution in [3.8, 4) is 0 Å². The summed E-state index contributed by atoms with van der Waals surface area (Å²) >= 11 is 0. The molecule has 0 atom stereocenters. The van der Waals surface area contributed by atoms with Gasteiger partial charge in [-0.1, -0.05) is 0 Å². The van der Waals surface area contributed by atoms with Crippen molar-refractivity contribution in [2.45, 2.75) is 13.0 Å². The van der Waals surface area contributed by atoms with Crippen LogP contribution < -0.4 is 5.32 Å². The molecule has 1 aromatic heterocycles. The van der Waals surface area contributed by atoms with Gasteiger partial charge in [-0.25, -0.2) is 9.97 Å². The summed E-state index contributed by atoms with van der Waals surface area (Å²) < 4.78 is 4.95. The Morgan fingerprint density at radius 2 is 2.14 bits per heavy atom. The third kappa shape index (κ3) is 2.27. The van der Waals surface area contributed by atoms with Gasteiger partial charge in [0.1, 0.15) is 6.61 Å². The first-order chi connectivity index (χ1) is 6.88. The van der Waals surface area contributed by atoms with E-state index in [-0.39, 0.29) is 0 Å². The Bertz CT molecular complexity index is 282. The Kier molecular flexibility index (Phi) is 3.06. The Hall–Kier alpha value is -1.00. The summed E-state index contributed by atoms with van der Waals surface area (Å²) in [6.07, 6.45) is 4.89. The molecule has 0 spiro atoms. The van der Waals surface area contributed by atoms with Crippen LogP contribution in [0.3, 0.4) is 0 Å². The molecule has 0 bridgehead atoms. The molecule has 1 fully saturated rings. The van der Waals surface area contributed by atoms with Crippen LogP contribution in [0.25, 0.3) is 0 Å². The Morgan fingerprint density at radius 3 is 2.64 bits per heavy atom. The highest BCUT2D eigenvalue weighted by molar-refractivity contribution is 5.07. The zero-order valence-electron chi connectivity index (χ0n) is 8.36. The van der Waals surface area contributed by atoms with Crippen molar-refractivity contribution in [1.82, 2.24) is 15.3 Å². The van der Waals surface area contributed by atoms with E-state index < -0.39 is 0 Å². The number of aromatic nitrogens is 2. The van der Waals surface area contributed by atoms with E-state index in [0.29, 0.717) is 6.61 Å². The molecule has 1 aliphatic rings. The van der Waals surface area contributed by atoms with Crippen LogP contribution in [-0.4, -0.2) is 30.2 Å². The monoisotopic (exact) mass is 193 g/mol. The third-order valence-corrected chi connectivity index (χ3v) is 2.42. The summed E-state index contributed by atoms with van der Waals surface area (Å²) in [5.74, 6) is 1.52. The van der Waals surface area contributed by atoms with E-state index in [1.54, 1.807) is 7.11 Å². The first-order valence-electron chi connectivity index (χ1n) is 4.88. The third-order valence-electron chi connectivity index (χ3n) is 2.42. The molecule has 0 aliphatic carbocycles. The fraction of sp³-hybridized carbons (Fsp3) is 0.600. The second kappa shape index (κ2) is 4.48. The minimum absolute atomic E-state index is 0.491. The smallest absolute Gasteiger partial charge is 0.153 e. The van der Waals surface area contributed by atoms with Gasteiger partial charge in [0.05, 0.1) is 0 Å². The molecule has 1 aliphatic heterocycles. The highest BCUT2D eigenvalue weighted by Crippen LogP contribution is 2.10. The lowest BCUT2D eigenvalue weighted by Crippen LogP contribution is -2.43. The maximum Gasteiger partial charge on any atom is 0.153 e. The lowest BCUT2D eigenvalue weighted by Gasteiger charge is -2.26. The largest absolute Gasteiger partial charge is 0.377 e. The molecule has 1 aromatic rings. The molecule has 14 heavy (non-hydrogen) atoms. The van der Waals surface area contributed by atoms with E-state index in [9.17, 15) is 0 Å². The minimum Gasteiger partial charge on any atom is -0.377 e. The Balaban J connectivity index is 1.91. The first-order valence-corrected chi connectivity index (χ1v) is 4.88. The number of methoxy groups -OCH3 is 1. The van der Waals surface area contributed by atoms with Crippen LogP contribution in [0.4, 0.5) is 0 Å². The van der Waals surface area contributed by atoms with E-state index in [0.717, 1.165) is 31.3 Å². The quantitative estimate of drug-likeness (QED) is 0.751. The molecule has 4 heteroatoms. The van der Waals surface area contributed by atoms with Gasteiger partial charge in [0.25, 0.3) is 0 Å². The van der Waals surface area contributed by atoms with E-state index in [1.807, 2.05) is 12.4 Å². The van der Waals surface area contributed by atoms with Crippen molar-refractivity contribution in [2.75, 3.05) is 20.2 Å². The highest BCUT2D eigenvalue weighted by Gasteiger charge is 2.16. The standard InChI is InChI=1S/C10H15N3O/c1-14-7-10-12-5-9(6-13-10)2-8-3-11-4-8/h5-6,8,11H,2-4,7H2,1H3. The Morgan fingerprint density at radius 1 is 1.43 bits per heavy atom. The molecule has 0 saturated carbocycles. The predicted octanol–water partition coefficient (Wildman–Crippen LogP) is 0.385. The summed E-state index contributed by atoms with van der Waals surface area (Å²) in [5, 5.41) is 3.25. The molecule has 1 saturated heterocycles.